The van der Waals surface area contributed by atoms with Crippen LogP contribution in [0.4, 0.5) is 9.59 Å². The number of fused-ring (bicyclic) bond motifs is 6. The van der Waals surface area contributed by atoms with Gasteiger partial charge in [0.1, 0.15) is 13.2 Å². The molecule has 0 spiro atoms. The molecule has 4 aliphatic rings. The van der Waals surface area contributed by atoms with Gasteiger partial charge in [0.2, 0.25) is 0 Å². The fourth-order valence-electron chi connectivity index (χ4n) is 7.99. The third-order valence-electron chi connectivity index (χ3n) is 10.9. The maximum atomic E-state index is 12.4. The quantitative estimate of drug-likeness (QED) is 0.212. The highest BCUT2D eigenvalue weighted by atomic mass is 16.6. The summed E-state index contributed by atoms with van der Waals surface area (Å²) >= 11 is 0. The first-order chi connectivity index (χ1) is 25.3. The van der Waals surface area contributed by atoms with Crippen molar-refractivity contribution in [3.05, 3.63) is 119 Å². The second-order valence-corrected chi connectivity index (χ2v) is 13.8. The highest BCUT2D eigenvalue weighted by molar-refractivity contribution is 5.80. The first-order valence-corrected chi connectivity index (χ1v) is 18.0. The molecule has 10 nitrogen and oxygen atoms in total. The first-order valence-electron chi connectivity index (χ1n) is 18.0. The van der Waals surface area contributed by atoms with E-state index in [2.05, 4.69) is 48.5 Å². The molecule has 0 radical (unpaired) electrons. The van der Waals surface area contributed by atoms with Gasteiger partial charge in [-0.05, 0) is 70.2 Å². The van der Waals surface area contributed by atoms with Crippen LogP contribution in [0.3, 0.4) is 0 Å². The number of amides is 2. The molecule has 0 unspecified atom stereocenters. The van der Waals surface area contributed by atoms with E-state index in [0.29, 0.717) is 65.1 Å². The predicted molar refractivity (Wildman–Crippen MR) is 194 cm³/mol. The Hall–Kier alpha value is -5.64. The molecule has 2 N–H and O–H groups in total. The van der Waals surface area contributed by atoms with Gasteiger partial charge in [0.05, 0.1) is 11.8 Å². The number of ether oxygens (including phenoxy) is 2. The molecule has 0 atom stereocenters. The molecule has 10 heteroatoms. The van der Waals surface area contributed by atoms with Gasteiger partial charge in [0, 0.05) is 38.0 Å². The fraction of sp³-hybridized carbons (Fsp3) is 0.333. The monoisotopic (exact) mass is 702 g/mol. The highest BCUT2D eigenvalue weighted by Gasteiger charge is 2.33. The molecule has 52 heavy (non-hydrogen) atoms. The summed E-state index contributed by atoms with van der Waals surface area (Å²) in [7, 11) is 0. The zero-order valence-corrected chi connectivity index (χ0v) is 28.9. The molecule has 2 aliphatic carbocycles. The largest absolute Gasteiger partial charge is 0.481 e. The number of hydrogen-bond acceptors (Lipinski definition) is 6. The average Bonchev–Trinajstić information content (AvgIpc) is 3.68. The van der Waals surface area contributed by atoms with Crippen LogP contribution in [0.15, 0.2) is 97.1 Å². The zero-order chi connectivity index (χ0) is 36.2. The topological polar surface area (TPSA) is 134 Å². The summed E-state index contributed by atoms with van der Waals surface area (Å²) in [6, 6.07) is 32.9. The zero-order valence-electron chi connectivity index (χ0n) is 28.9. The van der Waals surface area contributed by atoms with Crippen molar-refractivity contribution in [3.8, 4) is 22.3 Å². The Morgan fingerprint density at radius 3 is 1.02 bits per heavy atom. The second kappa shape index (κ2) is 15.3. The van der Waals surface area contributed by atoms with Crippen molar-refractivity contribution >= 4 is 24.1 Å². The van der Waals surface area contributed by atoms with Crippen LogP contribution in [0.1, 0.15) is 59.8 Å². The minimum absolute atomic E-state index is 0.0444. The molecular formula is C42H42N2O8. The van der Waals surface area contributed by atoms with E-state index in [1.54, 1.807) is 9.80 Å². The molecule has 4 aromatic rings. The number of carboxylic acids is 2. The van der Waals surface area contributed by atoms with Crippen LogP contribution in [0.5, 0.6) is 0 Å². The summed E-state index contributed by atoms with van der Waals surface area (Å²) in [6.07, 6.45) is 1.24. The van der Waals surface area contributed by atoms with E-state index < -0.39 is 11.9 Å². The fourth-order valence-corrected chi connectivity index (χ4v) is 7.99. The van der Waals surface area contributed by atoms with E-state index in [0.717, 1.165) is 0 Å². The van der Waals surface area contributed by atoms with Crippen molar-refractivity contribution in [1.82, 2.24) is 9.80 Å². The van der Waals surface area contributed by atoms with Crippen molar-refractivity contribution in [1.29, 1.82) is 0 Å². The normalized spacial score (nSPS) is 16.8. The van der Waals surface area contributed by atoms with Gasteiger partial charge in [-0.25, -0.2) is 9.59 Å². The van der Waals surface area contributed by atoms with Gasteiger partial charge >= 0.3 is 24.1 Å². The average molecular weight is 703 g/mol. The Balaban J connectivity index is 0.000000162. The Kier molecular flexibility index (Phi) is 10.2. The van der Waals surface area contributed by atoms with Crippen LogP contribution in [-0.2, 0) is 19.1 Å². The highest BCUT2D eigenvalue weighted by Crippen LogP contribution is 2.45. The molecule has 2 heterocycles. The van der Waals surface area contributed by atoms with Gasteiger partial charge in [-0.1, -0.05) is 97.1 Å². The van der Waals surface area contributed by atoms with E-state index in [9.17, 15) is 19.2 Å². The van der Waals surface area contributed by atoms with Gasteiger partial charge in [-0.2, -0.15) is 0 Å². The minimum Gasteiger partial charge on any atom is -0.481 e. The van der Waals surface area contributed by atoms with Crippen molar-refractivity contribution in [2.45, 2.75) is 37.5 Å². The molecule has 268 valence electrons. The summed E-state index contributed by atoms with van der Waals surface area (Å²) in [5, 5.41) is 18.1. The molecule has 2 amide bonds. The van der Waals surface area contributed by atoms with Crippen LogP contribution < -0.4 is 0 Å². The number of likely N-dealkylation sites (tertiary alicyclic amines) is 2. The van der Waals surface area contributed by atoms with Crippen molar-refractivity contribution in [2.24, 2.45) is 11.8 Å². The lowest BCUT2D eigenvalue weighted by Gasteiger charge is -2.29. The van der Waals surface area contributed by atoms with Gasteiger partial charge in [-0.15, -0.1) is 0 Å². The number of rotatable bonds is 6. The van der Waals surface area contributed by atoms with Crippen molar-refractivity contribution < 1.29 is 38.9 Å². The minimum atomic E-state index is -0.780. The van der Waals surface area contributed by atoms with Crippen LogP contribution >= 0.6 is 0 Å². The number of carboxylic acid groups (broad SMARTS) is 2. The second-order valence-electron chi connectivity index (χ2n) is 13.8. The van der Waals surface area contributed by atoms with Gasteiger partial charge in [0.15, 0.2) is 0 Å². The van der Waals surface area contributed by atoms with E-state index >= 15 is 0 Å². The lowest BCUT2D eigenvalue weighted by atomic mass is 9.97. The Morgan fingerprint density at radius 1 is 0.481 bits per heavy atom. The Morgan fingerprint density at radius 2 is 0.750 bits per heavy atom. The molecule has 2 saturated heterocycles. The molecule has 2 fully saturated rings. The maximum Gasteiger partial charge on any atom is 0.409 e. The molecule has 0 saturated carbocycles. The number of benzene rings is 4. The lowest BCUT2D eigenvalue weighted by Crippen LogP contribution is -2.40. The van der Waals surface area contributed by atoms with Crippen LogP contribution in [-0.4, -0.2) is 83.5 Å². The van der Waals surface area contributed by atoms with E-state index in [1.807, 2.05) is 48.5 Å². The summed E-state index contributed by atoms with van der Waals surface area (Å²) in [6.45, 7) is 2.35. The van der Waals surface area contributed by atoms with Crippen molar-refractivity contribution in [2.75, 3.05) is 39.4 Å². The summed E-state index contributed by atoms with van der Waals surface area (Å²) in [5.74, 6) is -2.18. The molecule has 0 bridgehead atoms. The number of hydrogen-bond donors (Lipinski definition) is 2. The third kappa shape index (κ3) is 7.10. The molecule has 8 rings (SSSR count). The lowest BCUT2D eigenvalue weighted by molar-refractivity contribution is -0.144. The van der Waals surface area contributed by atoms with E-state index in [4.69, 9.17) is 19.7 Å². The van der Waals surface area contributed by atoms with Gasteiger partial charge in [0.25, 0.3) is 0 Å². The van der Waals surface area contributed by atoms with Gasteiger partial charge in [-0.3, -0.25) is 9.59 Å². The summed E-state index contributed by atoms with van der Waals surface area (Å²) in [5.41, 5.74) is 9.55. The third-order valence-corrected chi connectivity index (χ3v) is 10.9. The number of piperidine rings is 2. The smallest absolute Gasteiger partial charge is 0.409 e. The number of carbonyl (C=O) groups excluding carboxylic acids is 2. The maximum absolute atomic E-state index is 12.4. The molecule has 0 aromatic heterocycles. The van der Waals surface area contributed by atoms with Crippen LogP contribution in [0, 0.1) is 11.8 Å². The summed E-state index contributed by atoms with van der Waals surface area (Å²) in [4.78, 5) is 50.1. The number of carbonyl (C=O) groups is 4. The van der Waals surface area contributed by atoms with Crippen molar-refractivity contribution in [3.63, 3.8) is 0 Å². The molecule has 4 aromatic carbocycles. The summed E-state index contributed by atoms with van der Waals surface area (Å²) < 4.78 is 11.2. The van der Waals surface area contributed by atoms with E-state index in [1.165, 1.54) is 44.5 Å². The Bertz CT molecular complexity index is 1730. The SMILES string of the molecule is O=C(O)C1CCN(C(=O)OCC2c3ccccc3-c3ccccc32)CC1.O=C(O)C1CCN(C(=O)OCC2c3ccccc3-c3ccccc32)CC1. The molecular weight excluding hydrogens is 660 g/mol. The standard InChI is InChI=1S/2C21H21NO4/c2*23-20(24)14-9-11-22(12-10-14)21(25)26-13-19-17-7-3-1-5-15(17)16-6-2-4-8-18(16)19/h2*1-8,14,19H,9-13H2,(H,23,24). The first kappa shape index (κ1) is 34.8. The Labute approximate surface area is 302 Å². The molecule has 2 aliphatic heterocycles. The number of aliphatic carboxylic acids is 2. The predicted octanol–water partition coefficient (Wildman–Crippen LogP) is 7.46. The van der Waals surface area contributed by atoms with Gasteiger partial charge < -0.3 is 29.5 Å². The van der Waals surface area contributed by atoms with Crippen LogP contribution in [0.25, 0.3) is 22.3 Å². The van der Waals surface area contributed by atoms with E-state index in [-0.39, 0.29) is 35.9 Å². The van der Waals surface area contributed by atoms with Crippen LogP contribution in [0.2, 0.25) is 0 Å². The number of nitrogens with zero attached hydrogens (tertiary/aromatic N) is 2.